The second-order valence-corrected chi connectivity index (χ2v) is 6.64. The normalized spacial score (nSPS) is 14.3. The van der Waals surface area contributed by atoms with E-state index in [1.54, 1.807) is 0 Å². The Morgan fingerprint density at radius 2 is 1.23 bits per heavy atom. The molecule has 0 saturated heterocycles. The minimum Gasteiger partial charge on any atom is -0.480 e. The van der Waals surface area contributed by atoms with Gasteiger partial charge in [0.1, 0.15) is 18.1 Å². The van der Waals surface area contributed by atoms with Crippen LogP contribution in [-0.4, -0.2) is 70.7 Å². The van der Waals surface area contributed by atoms with Crippen LogP contribution in [0.1, 0.15) is 32.6 Å². The highest BCUT2D eigenvalue weighted by atomic mass is 16.4. The number of carbonyl (C=O) groups is 7. The van der Waals surface area contributed by atoms with Crippen molar-refractivity contribution in [3.63, 3.8) is 0 Å². The lowest BCUT2D eigenvalue weighted by Crippen LogP contribution is -2.57. The van der Waals surface area contributed by atoms with Gasteiger partial charge in [0.2, 0.25) is 35.4 Å². The van der Waals surface area contributed by atoms with Gasteiger partial charge in [-0.05, 0) is 13.3 Å². The Morgan fingerprint density at radius 3 is 1.68 bits per heavy atom. The fourth-order valence-corrected chi connectivity index (χ4v) is 2.20. The molecule has 0 spiro atoms. The molecular formula is C16H27N7O8. The molecule has 12 N–H and O–H groups in total. The Labute approximate surface area is 176 Å². The predicted octanol–water partition coefficient (Wildman–Crippen LogP) is -5.11. The Kier molecular flexibility index (Phi) is 11.2. The zero-order valence-corrected chi connectivity index (χ0v) is 16.8. The summed E-state index contributed by atoms with van der Waals surface area (Å²) in [6.45, 7) is 1.17. The molecule has 15 nitrogen and oxygen atoms in total. The van der Waals surface area contributed by atoms with Crippen LogP contribution in [0.15, 0.2) is 0 Å². The van der Waals surface area contributed by atoms with E-state index < -0.39 is 78.4 Å². The van der Waals surface area contributed by atoms with Gasteiger partial charge in [0.05, 0.1) is 18.9 Å². The third-order valence-corrected chi connectivity index (χ3v) is 3.84. The smallest absolute Gasteiger partial charge is 0.325 e. The lowest BCUT2D eigenvalue weighted by molar-refractivity contribution is -0.142. The van der Waals surface area contributed by atoms with Crippen LogP contribution in [0.5, 0.6) is 0 Å². The molecule has 0 aliphatic carbocycles. The largest absolute Gasteiger partial charge is 0.480 e. The van der Waals surface area contributed by atoms with Gasteiger partial charge in [0.25, 0.3) is 0 Å². The summed E-state index contributed by atoms with van der Waals surface area (Å²) in [5.74, 6) is -6.99. The van der Waals surface area contributed by atoms with E-state index in [4.69, 9.17) is 28.0 Å². The van der Waals surface area contributed by atoms with Gasteiger partial charge in [0.15, 0.2) is 0 Å². The minimum absolute atomic E-state index is 0.294. The van der Waals surface area contributed by atoms with Crippen molar-refractivity contribution in [1.29, 1.82) is 0 Å². The Morgan fingerprint density at radius 1 is 0.742 bits per heavy atom. The van der Waals surface area contributed by atoms with Crippen molar-refractivity contribution >= 4 is 41.4 Å². The molecule has 0 heterocycles. The number of hydrogen-bond donors (Lipinski definition) is 8. The van der Waals surface area contributed by atoms with Gasteiger partial charge < -0.3 is 44.0 Å². The molecule has 0 aromatic heterocycles. The second-order valence-electron chi connectivity index (χ2n) is 6.64. The van der Waals surface area contributed by atoms with E-state index in [0.29, 0.717) is 0 Å². The Hall–Kier alpha value is -3.75. The first-order valence-electron chi connectivity index (χ1n) is 8.99. The fraction of sp³-hybridized carbons (Fsp3) is 0.562. The highest BCUT2D eigenvalue weighted by Crippen LogP contribution is 2.02. The molecule has 0 fully saturated rings. The van der Waals surface area contributed by atoms with Crippen molar-refractivity contribution in [2.45, 2.75) is 56.8 Å². The molecule has 6 amide bonds. The van der Waals surface area contributed by atoms with Gasteiger partial charge in [0, 0.05) is 6.42 Å². The van der Waals surface area contributed by atoms with E-state index in [9.17, 15) is 33.6 Å². The number of hydrogen-bond acceptors (Lipinski definition) is 8. The molecule has 0 aliphatic heterocycles. The first kappa shape index (κ1) is 27.2. The molecule has 0 aliphatic rings. The maximum absolute atomic E-state index is 12.6. The summed E-state index contributed by atoms with van der Waals surface area (Å²) in [6, 6.07) is -5.72. The standard InChI is InChI=1S/C16H27N7O8/c1-6(16(30)31)21-14(28)8(2-3-10(18)24)22-15(29)9(5-12(20)26)23-13(27)7(17)4-11(19)25/h6-9H,2-5,17H2,1H3,(H2,18,24)(H2,19,25)(H2,20,26)(H,21,28)(H,22,29)(H,23,27)(H,30,31). The summed E-state index contributed by atoms with van der Waals surface area (Å²) in [5.41, 5.74) is 20.5. The van der Waals surface area contributed by atoms with Crippen LogP contribution in [0.25, 0.3) is 0 Å². The maximum Gasteiger partial charge on any atom is 0.325 e. The number of rotatable bonds is 14. The fourth-order valence-electron chi connectivity index (χ4n) is 2.20. The van der Waals surface area contributed by atoms with Gasteiger partial charge >= 0.3 is 5.97 Å². The number of aliphatic carboxylic acids is 1. The van der Waals surface area contributed by atoms with Crippen molar-refractivity contribution in [2.24, 2.45) is 22.9 Å². The zero-order valence-electron chi connectivity index (χ0n) is 16.8. The molecule has 4 atom stereocenters. The number of carboxylic acid groups (broad SMARTS) is 1. The first-order chi connectivity index (χ1) is 14.2. The topological polar surface area (TPSA) is 280 Å². The third kappa shape index (κ3) is 11.1. The SMILES string of the molecule is CC(NC(=O)C(CCC(N)=O)NC(=O)C(CC(N)=O)NC(=O)C(N)CC(N)=O)C(=O)O. The van der Waals surface area contributed by atoms with Crippen LogP contribution in [0.3, 0.4) is 0 Å². The van der Waals surface area contributed by atoms with Crippen molar-refractivity contribution in [2.75, 3.05) is 0 Å². The molecular weight excluding hydrogens is 418 g/mol. The predicted molar refractivity (Wildman–Crippen MR) is 103 cm³/mol. The molecule has 31 heavy (non-hydrogen) atoms. The first-order valence-corrected chi connectivity index (χ1v) is 8.99. The molecule has 4 unspecified atom stereocenters. The van der Waals surface area contributed by atoms with Crippen molar-refractivity contribution in [3.05, 3.63) is 0 Å². The summed E-state index contributed by atoms with van der Waals surface area (Å²) in [5, 5.41) is 15.3. The number of nitrogens with one attached hydrogen (secondary N) is 3. The van der Waals surface area contributed by atoms with Crippen LogP contribution in [-0.2, 0) is 33.6 Å². The molecule has 0 bridgehead atoms. The number of carboxylic acids is 1. The summed E-state index contributed by atoms with van der Waals surface area (Å²) in [7, 11) is 0. The van der Waals surface area contributed by atoms with E-state index in [-0.39, 0.29) is 12.8 Å². The quantitative estimate of drug-likeness (QED) is 0.127. The highest BCUT2D eigenvalue weighted by Gasteiger charge is 2.30. The van der Waals surface area contributed by atoms with Gasteiger partial charge in [-0.25, -0.2) is 0 Å². The Bertz CT molecular complexity index is 741. The minimum atomic E-state index is -1.58. The van der Waals surface area contributed by atoms with Crippen LogP contribution in [0, 0.1) is 0 Å². The molecule has 0 rings (SSSR count). The van der Waals surface area contributed by atoms with Gasteiger partial charge in [-0.1, -0.05) is 0 Å². The lowest BCUT2D eigenvalue weighted by atomic mass is 10.1. The molecule has 0 radical (unpaired) electrons. The molecule has 0 aromatic rings. The number of carbonyl (C=O) groups excluding carboxylic acids is 6. The molecule has 0 saturated carbocycles. The summed E-state index contributed by atoms with van der Waals surface area (Å²) in [6.07, 6.45) is -1.85. The monoisotopic (exact) mass is 445 g/mol. The van der Waals surface area contributed by atoms with Crippen molar-refractivity contribution in [1.82, 2.24) is 16.0 Å². The molecule has 174 valence electrons. The van der Waals surface area contributed by atoms with Crippen LogP contribution in [0.4, 0.5) is 0 Å². The van der Waals surface area contributed by atoms with Gasteiger partial charge in [-0.3, -0.25) is 33.6 Å². The summed E-state index contributed by atoms with van der Waals surface area (Å²) in [4.78, 5) is 81.0. The summed E-state index contributed by atoms with van der Waals surface area (Å²) < 4.78 is 0. The molecule has 15 heteroatoms. The number of nitrogens with two attached hydrogens (primary N) is 4. The average molecular weight is 445 g/mol. The summed E-state index contributed by atoms with van der Waals surface area (Å²) >= 11 is 0. The van der Waals surface area contributed by atoms with Crippen LogP contribution in [0.2, 0.25) is 0 Å². The lowest BCUT2D eigenvalue weighted by Gasteiger charge is -2.24. The van der Waals surface area contributed by atoms with E-state index in [2.05, 4.69) is 16.0 Å². The maximum atomic E-state index is 12.6. The van der Waals surface area contributed by atoms with Crippen molar-refractivity contribution < 1.29 is 38.7 Å². The molecule has 0 aromatic carbocycles. The Balaban J connectivity index is 5.44. The zero-order chi connectivity index (χ0) is 24.3. The number of primary amides is 3. The number of amides is 6. The van der Waals surface area contributed by atoms with Crippen LogP contribution >= 0.6 is 0 Å². The van der Waals surface area contributed by atoms with E-state index in [1.807, 2.05) is 0 Å². The van der Waals surface area contributed by atoms with E-state index in [1.165, 1.54) is 6.92 Å². The van der Waals surface area contributed by atoms with Crippen molar-refractivity contribution in [3.8, 4) is 0 Å². The third-order valence-electron chi connectivity index (χ3n) is 3.84. The van der Waals surface area contributed by atoms with E-state index >= 15 is 0 Å². The average Bonchev–Trinajstić information content (AvgIpc) is 2.62. The second kappa shape index (κ2) is 12.7. The van der Waals surface area contributed by atoms with Crippen LogP contribution < -0.4 is 38.9 Å². The van der Waals surface area contributed by atoms with Gasteiger partial charge in [-0.2, -0.15) is 0 Å². The highest BCUT2D eigenvalue weighted by molar-refractivity contribution is 5.97. The van der Waals surface area contributed by atoms with Gasteiger partial charge in [-0.15, -0.1) is 0 Å². The van der Waals surface area contributed by atoms with E-state index in [0.717, 1.165) is 0 Å².